The summed E-state index contributed by atoms with van der Waals surface area (Å²) >= 11 is 0. The molecule has 10 heteroatoms. The van der Waals surface area contributed by atoms with Crippen molar-refractivity contribution in [2.75, 3.05) is 18.5 Å². The van der Waals surface area contributed by atoms with Crippen molar-refractivity contribution in [1.82, 2.24) is 20.4 Å². The molecule has 1 aromatic heterocycles. The van der Waals surface area contributed by atoms with Gasteiger partial charge in [0, 0.05) is 12.1 Å². The van der Waals surface area contributed by atoms with Gasteiger partial charge in [0.1, 0.15) is 0 Å². The third-order valence-corrected chi connectivity index (χ3v) is 2.80. The first-order valence-electron chi connectivity index (χ1n) is 4.96. The molecule has 4 N–H and O–H groups in total. The number of carbonyl (C=O) groups is 1. The first-order chi connectivity index (χ1) is 8.11. The number of nitrogens with one attached hydrogen (secondary N) is 2. The van der Waals surface area contributed by atoms with Crippen LogP contribution in [0.2, 0.25) is 0 Å². The van der Waals surface area contributed by atoms with E-state index in [2.05, 4.69) is 25.0 Å². The second-order valence-electron chi connectivity index (χ2n) is 4.44. The quantitative estimate of drug-likeness (QED) is 0.608. The van der Waals surface area contributed by atoms with E-state index < -0.39 is 21.5 Å². The molecule has 0 aromatic carbocycles. The second kappa shape index (κ2) is 4.90. The van der Waals surface area contributed by atoms with Crippen LogP contribution >= 0.6 is 0 Å². The molecule has 1 aromatic rings. The lowest BCUT2D eigenvalue weighted by Crippen LogP contribution is -2.51. The van der Waals surface area contributed by atoms with Gasteiger partial charge in [0.05, 0.1) is 6.26 Å². The fourth-order valence-corrected chi connectivity index (χ4v) is 2.35. The van der Waals surface area contributed by atoms with E-state index in [9.17, 15) is 13.2 Å². The van der Waals surface area contributed by atoms with E-state index in [-0.39, 0.29) is 18.1 Å². The number of hydrogen-bond donors (Lipinski definition) is 3. The molecule has 0 aliphatic carbocycles. The summed E-state index contributed by atoms with van der Waals surface area (Å²) in [6, 6.07) is 0. The Hall–Kier alpha value is -1.68. The van der Waals surface area contributed by atoms with E-state index in [1.807, 2.05) is 0 Å². The van der Waals surface area contributed by atoms with Gasteiger partial charge in [-0.15, -0.1) is 0 Å². The Balaban J connectivity index is 2.61. The fraction of sp³-hybridized carbons (Fsp3) is 0.625. The van der Waals surface area contributed by atoms with Gasteiger partial charge in [-0.25, -0.2) is 17.8 Å². The topological polar surface area (TPSA) is 140 Å². The highest BCUT2D eigenvalue weighted by atomic mass is 32.2. The Bertz CT molecular complexity index is 535. The number of carbonyl (C=O) groups excluding carboxylic acids is 1. The number of aromatic nitrogens is 2. The van der Waals surface area contributed by atoms with E-state index in [0.717, 1.165) is 6.26 Å². The lowest BCUT2D eigenvalue weighted by molar-refractivity contribution is 0.0935. The van der Waals surface area contributed by atoms with Crippen LogP contribution in [0, 0.1) is 0 Å². The van der Waals surface area contributed by atoms with E-state index in [0.29, 0.717) is 0 Å². The third-order valence-electron chi connectivity index (χ3n) is 1.88. The zero-order valence-corrected chi connectivity index (χ0v) is 11.0. The molecule has 0 unspecified atom stereocenters. The normalized spacial score (nSPS) is 12.4. The molecular formula is C8H15N5O4S. The zero-order chi connectivity index (χ0) is 14.0. The molecule has 0 aliphatic heterocycles. The maximum atomic E-state index is 11.6. The smallest absolute Gasteiger partial charge is 0.277 e. The van der Waals surface area contributed by atoms with Gasteiger partial charge in [-0.3, -0.25) is 4.79 Å². The van der Waals surface area contributed by atoms with Crippen molar-refractivity contribution in [1.29, 1.82) is 0 Å². The Morgan fingerprint density at radius 3 is 2.50 bits per heavy atom. The largest absolute Gasteiger partial charge is 0.379 e. The van der Waals surface area contributed by atoms with Crippen LogP contribution in [0.3, 0.4) is 0 Å². The number of sulfonamides is 1. The highest BCUT2D eigenvalue weighted by Crippen LogP contribution is 2.06. The molecule has 9 nitrogen and oxygen atoms in total. The maximum Gasteiger partial charge on any atom is 0.277 e. The van der Waals surface area contributed by atoms with E-state index in [1.54, 1.807) is 13.8 Å². The van der Waals surface area contributed by atoms with Crippen LogP contribution in [0.1, 0.15) is 24.3 Å². The van der Waals surface area contributed by atoms with E-state index in [1.165, 1.54) is 0 Å². The minimum atomic E-state index is -3.36. The number of anilines is 1. The van der Waals surface area contributed by atoms with Crippen molar-refractivity contribution in [3.8, 4) is 0 Å². The van der Waals surface area contributed by atoms with Gasteiger partial charge in [-0.05, 0) is 24.2 Å². The summed E-state index contributed by atoms with van der Waals surface area (Å²) in [6.07, 6.45) is 1.04. The van der Waals surface area contributed by atoms with Crippen molar-refractivity contribution < 1.29 is 17.8 Å². The van der Waals surface area contributed by atoms with Crippen LogP contribution in [-0.4, -0.2) is 43.0 Å². The lowest BCUT2D eigenvalue weighted by Gasteiger charge is -2.24. The van der Waals surface area contributed by atoms with Crippen molar-refractivity contribution >= 4 is 21.7 Å². The highest BCUT2D eigenvalue weighted by molar-refractivity contribution is 7.88. The van der Waals surface area contributed by atoms with E-state index >= 15 is 0 Å². The molecule has 0 bridgehead atoms. The van der Waals surface area contributed by atoms with Crippen molar-refractivity contribution in [2.24, 2.45) is 0 Å². The molecule has 0 atom stereocenters. The number of nitrogens with two attached hydrogens (primary N) is 1. The average molecular weight is 277 g/mol. The second-order valence-corrected chi connectivity index (χ2v) is 6.19. The predicted octanol–water partition coefficient (Wildman–Crippen LogP) is -1.29. The summed E-state index contributed by atoms with van der Waals surface area (Å²) in [4.78, 5) is 11.6. The first-order valence-corrected chi connectivity index (χ1v) is 6.85. The van der Waals surface area contributed by atoms with Crippen LogP contribution in [0.5, 0.6) is 0 Å². The van der Waals surface area contributed by atoms with Gasteiger partial charge in [0.2, 0.25) is 21.5 Å². The predicted molar refractivity (Wildman–Crippen MR) is 63.1 cm³/mol. The number of rotatable bonds is 5. The van der Waals surface area contributed by atoms with Crippen LogP contribution in [0.25, 0.3) is 0 Å². The van der Waals surface area contributed by atoms with Gasteiger partial charge >= 0.3 is 0 Å². The van der Waals surface area contributed by atoms with Gasteiger partial charge in [-0.1, -0.05) is 0 Å². The van der Waals surface area contributed by atoms with Gasteiger partial charge < -0.3 is 11.1 Å². The zero-order valence-electron chi connectivity index (χ0n) is 10.2. The first kappa shape index (κ1) is 14.4. The molecule has 0 spiro atoms. The van der Waals surface area contributed by atoms with E-state index in [4.69, 9.17) is 5.73 Å². The van der Waals surface area contributed by atoms with Crippen molar-refractivity contribution in [3.05, 3.63) is 5.69 Å². The molecule has 0 fully saturated rings. The van der Waals surface area contributed by atoms with Gasteiger partial charge in [0.25, 0.3) is 5.91 Å². The lowest BCUT2D eigenvalue weighted by atomic mass is 10.1. The molecular weight excluding hydrogens is 262 g/mol. The maximum absolute atomic E-state index is 11.6. The Morgan fingerprint density at radius 2 is 2.06 bits per heavy atom. The summed E-state index contributed by atoms with van der Waals surface area (Å²) in [5.41, 5.74) is 4.37. The minimum absolute atomic E-state index is 0.0607. The number of nitrogen functional groups attached to an aromatic ring is 1. The van der Waals surface area contributed by atoms with Crippen molar-refractivity contribution in [3.63, 3.8) is 0 Å². The fourth-order valence-electron chi connectivity index (χ4n) is 1.28. The molecule has 18 heavy (non-hydrogen) atoms. The van der Waals surface area contributed by atoms with Gasteiger partial charge in [0.15, 0.2) is 0 Å². The molecule has 0 radical (unpaired) electrons. The summed E-state index contributed by atoms with van der Waals surface area (Å²) in [5, 5.41) is 9.07. The molecule has 1 amide bonds. The summed E-state index contributed by atoms with van der Waals surface area (Å²) in [5.74, 6) is -0.710. The summed E-state index contributed by atoms with van der Waals surface area (Å²) in [7, 11) is -3.36. The third kappa shape index (κ3) is 4.30. The number of nitrogens with zero attached hydrogens (tertiary/aromatic N) is 2. The monoisotopic (exact) mass is 277 g/mol. The minimum Gasteiger partial charge on any atom is -0.379 e. The molecule has 102 valence electrons. The van der Waals surface area contributed by atoms with Crippen LogP contribution < -0.4 is 15.8 Å². The molecule has 1 rings (SSSR count). The van der Waals surface area contributed by atoms with Crippen LogP contribution in [-0.2, 0) is 10.0 Å². The number of amides is 1. The Kier molecular flexibility index (Phi) is 3.92. The number of hydrogen-bond acceptors (Lipinski definition) is 7. The molecule has 0 aliphatic rings. The summed E-state index contributed by atoms with van der Waals surface area (Å²) in [6.45, 7) is 3.31. The Labute approximate surface area is 104 Å². The average Bonchev–Trinajstić information content (AvgIpc) is 2.57. The van der Waals surface area contributed by atoms with Gasteiger partial charge in [-0.2, -0.15) is 0 Å². The Morgan fingerprint density at radius 1 is 1.44 bits per heavy atom. The van der Waals surface area contributed by atoms with Crippen LogP contribution in [0.15, 0.2) is 4.63 Å². The standard InChI is InChI=1S/C8H15N5O4S/c1-8(2,13-18(3,15)16)4-10-7(14)5-6(9)12-17-11-5/h13H,4H2,1-3H3,(H2,9,12)(H,10,14). The highest BCUT2D eigenvalue weighted by Gasteiger charge is 2.24. The SMILES string of the molecule is CC(C)(CNC(=O)c1nonc1N)NS(C)(=O)=O. The summed E-state index contributed by atoms with van der Waals surface area (Å²) < 4.78 is 28.8. The van der Waals surface area contributed by atoms with Crippen LogP contribution in [0.4, 0.5) is 5.82 Å². The molecule has 0 saturated carbocycles. The molecule has 1 heterocycles. The van der Waals surface area contributed by atoms with Crippen molar-refractivity contribution in [2.45, 2.75) is 19.4 Å². The molecule has 0 saturated heterocycles.